The van der Waals surface area contributed by atoms with Gasteiger partial charge in [0, 0.05) is 23.8 Å². The zero-order chi connectivity index (χ0) is 12.8. The Morgan fingerprint density at radius 1 is 1.22 bits per heavy atom. The van der Waals surface area contributed by atoms with Gasteiger partial charge in [-0.05, 0) is 30.7 Å². The number of carboxylic acids is 1. The first-order chi connectivity index (χ1) is 8.75. The monoisotopic (exact) mass is 260 g/mol. The summed E-state index contributed by atoms with van der Waals surface area (Å²) in [5, 5.41) is 9.59. The van der Waals surface area contributed by atoms with Gasteiger partial charge in [0.05, 0.1) is 10.6 Å². The van der Waals surface area contributed by atoms with Gasteiger partial charge in [0.2, 0.25) is 0 Å². The molecule has 0 saturated carbocycles. The van der Waals surface area contributed by atoms with Gasteiger partial charge in [-0.25, -0.2) is 9.78 Å². The average Bonchev–Trinajstić information content (AvgIpc) is 2.40. The van der Waals surface area contributed by atoms with Crippen molar-refractivity contribution >= 4 is 17.7 Å². The zero-order valence-electron chi connectivity index (χ0n) is 9.61. The zero-order valence-corrected chi connectivity index (χ0v) is 10.4. The van der Waals surface area contributed by atoms with Crippen LogP contribution in [0.2, 0.25) is 0 Å². The number of nitrogens with zero attached hydrogens (tertiary/aromatic N) is 2. The van der Waals surface area contributed by atoms with Crippen LogP contribution < -0.4 is 0 Å². The Morgan fingerprint density at radius 3 is 2.83 bits per heavy atom. The van der Waals surface area contributed by atoms with Gasteiger partial charge in [0.25, 0.3) is 0 Å². The molecule has 0 aliphatic rings. The molecule has 0 radical (unpaired) electrons. The summed E-state index contributed by atoms with van der Waals surface area (Å²) < 4.78 is 0. The predicted molar refractivity (Wildman–Crippen MR) is 69.9 cm³/mol. The number of carbonyl (C=O) groups is 1. The van der Waals surface area contributed by atoms with Gasteiger partial charge in [-0.15, -0.1) is 11.8 Å². The molecule has 0 aliphatic heterocycles. The fraction of sp³-hybridized carbons (Fsp3) is 0.154. The van der Waals surface area contributed by atoms with Gasteiger partial charge in [-0.3, -0.25) is 4.98 Å². The summed E-state index contributed by atoms with van der Waals surface area (Å²) in [4.78, 5) is 19.2. The minimum absolute atomic E-state index is 0.269. The highest BCUT2D eigenvalue weighted by Gasteiger charge is 2.04. The molecule has 2 aromatic heterocycles. The number of rotatable bonds is 5. The highest BCUT2D eigenvalue weighted by Crippen LogP contribution is 2.17. The van der Waals surface area contributed by atoms with Crippen molar-refractivity contribution in [2.75, 3.05) is 5.75 Å². The number of carboxylic acid groups (broad SMARTS) is 1. The van der Waals surface area contributed by atoms with Crippen LogP contribution in [0.1, 0.15) is 16.1 Å². The third kappa shape index (κ3) is 3.56. The lowest BCUT2D eigenvalue weighted by Gasteiger charge is -2.01. The minimum atomic E-state index is -0.927. The summed E-state index contributed by atoms with van der Waals surface area (Å²) in [6.07, 6.45) is 4.13. The maximum Gasteiger partial charge on any atom is 0.335 e. The second-order valence-corrected chi connectivity index (χ2v) is 4.72. The van der Waals surface area contributed by atoms with Gasteiger partial charge in [-0.1, -0.05) is 6.07 Å². The van der Waals surface area contributed by atoms with Crippen molar-refractivity contribution in [2.45, 2.75) is 11.4 Å². The topological polar surface area (TPSA) is 63.1 Å². The molecule has 0 unspecified atom stereocenters. The molecule has 0 fully saturated rings. The number of pyridine rings is 2. The van der Waals surface area contributed by atoms with Crippen LogP contribution in [0.15, 0.2) is 47.8 Å². The second-order valence-electron chi connectivity index (χ2n) is 3.61. The molecule has 2 heterocycles. The molecule has 4 nitrogen and oxygen atoms in total. The summed E-state index contributed by atoms with van der Waals surface area (Å²) in [6.45, 7) is 0. The van der Waals surface area contributed by atoms with Crippen LogP contribution >= 0.6 is 11.8 Å². The van der Waals surface area contributed by atoms with E-state index in [1.165, 1.54) is 24.0 Å². The lowest BCUT2D eigenvalue weighted by atomic mass is 10.3. The fourth-order valence-corrected chi connectivity index (χ4v) is 2.29. The van der Waals surface area contributed by atoms with E-state index in [2.05, 4.69) is 9.97 Å². The molecule has 0 aromatic carbocycles. The lowest BCUT2D eigenvalue weighted by Crippen LogP contribution is -1.97. The largest absolute Gasteiger partial charge is 0.478 e. The number of thioether (sulfide) groups is 1. The normalized spacial score (nSPS) is 10.2. The van der Waals surface area contributed by atoms with Crippen molar-refractivity contribution in [3.05, 3.63) is 54.0 Å². The van der Waals surface area contributed by atoms with Gasteiger partial charge >= 0.3 is 5.97 Å². The Balaban J connectivity index is 1.90. The second kappa shape index (κ2) is 6.16. The van der Waals surface area contributed by atoms with E-state index < -0.39 is 5.97 Å². The van der Waals surface area contributed by atoms with Gasteiger partial charge in [0.15, 0.2) is 0 Å². The summed E-state index contributed by atoms with van der Waals surface area (Å²) in [5.41, 5.74) is 1.30. The first-order valence-corrected chi connectivity index (χ1v) is 6.46. The van der Waals surface area contributed by atoms with Crippen LogP contribution in [0.4, 0.5) is 0 Å². The van der Waals surface area contributed by atoms with Crippen molar-refractivity contribution in [3.8, 4) is 0 Å². The van der Waals surface area contributed by atoms with Crippen LogP contribution in [0, 0.1) is 0 Å². The van der Waals surface area contributed by atoms with E-state index in [0.29, 0.717) is 0 Å². The molecule has 92 valence electrons. The highest BCUT2D eigenvalue weighted by atomic mass is 32.2. The van der Waals surface area contributed by atoms with Crippen LogP contribution in [-0.4, -0.2) is 26.8 Å². The van der Waals surface area contributed by atoms with Crippen molar-refractivity contribution < 1.29 is 9.90 Å². The first kappa shape index (κ1) is 12.6. The third-order valence-electron chi connectivity index (χ3n) is 2.32. The van der Waals surface area contributed by atoms with Crippen molar-refractivity contribution in [2.24, 2.45) is 0 Å². The Bertz CT molecular complexity index is 532. The maximum atomic E-state index is 10.8. The van der Waals surface area contributed by atoms with E-state index in [9.17, 15) is 4.79 Å². The van der Waals surface area contributed by atoms with E-state index in [0.717, 1.165) is 22.9 Å². The standard InChI is InChI=1S/C13H12N2O2S/c16-13(17)10-4-7-15-12(9-10)18-8-5-11-3-1-2-6-14-11/h1-4,6-7,9H,5,8H2,(H,16,17). The van der Waals surface area contributed by atoms with Crippen molar-refractivity contribution in [3.63, 3.8) is 0 Å². The highest BCUT2D eigenvalue weighted by molar-refractivity contribution is 7.99. The summed E-state index contributed by atoms with van der Waals surface area (Å²) in [5.74, 6) is -0.100. The molecule has 0 atom stereocenters. The number of hydrogen-bond acceptors (Lipinski definition) is 4. The van der Waals surface area contributed by atoms with Crippen LogP contribution in [0.25, 0.3) is 0 Å². The van der Waals surface area contributed by atoms with E-state index in [1.54, 1.807) is 12.3 Å². The molecule has 0 spiro atoms. The van der Waals surface area contributed by atoms with E-state index in [1.807, 2.05) is 18.2 Å². The summed E-state index contributed by atoms with van der Waals surface area (Å²) in [6, 6.07) is 8.89. The number of aromatic nitrogens is 2. The van der Waals surface area contributed by atoms with Crippen molar-refractivity contribution in [1.82, 2.24) is 9.97 Å². The van der Waals surface area contributed by atoms with Crippen LogP contribution in [0.5, 0.6) is 0 Å². The quantitative estimate of drug-likeness (QED) is 0.837. The number of hydrogen-bond donors (Lipinski definition) is 1. The number of aryl methyl sites for hydroxylation is 1. The van der Waals surface area contributed by atoms with Gasteiger partial charge in [0.1, 0.15) is 0 Å². The third-order valence-corrected chi connectivity index (χ3v) is 3.24. The minimum Gasteiger partial charge on any atom is -0.478 e. The Hall–Kier alpha value is -1.88. The molecule has 1 N–H and O–H groups in total. The van der Waals surface area contributed by atoms with Crippen molar-refractivity contribution in [1.29, 1.82) is 0 Å². The molecule has 0 saturated heterocycles. The maximum absolute atomic E-state index is 10.8. The molecule has 18 heavy (non-hydrogen) atoms. The summed E-state index contributed by atoms with van der Waals surface area (Å²) in [7, 11) is 0. The predicted octanol–water partition coefficient (Wildman–Crippen LogP) is 2.51. The molecule has 0 aliphatic carbocycles. The smallest absolute Gasteiger partial charge is 0.335 e. The summed E-state index contributed by atoms with van der Waals surface area (Å²) >= 11 is 1.53. The molecular formula is C13H12N2O2S. The van der Waals surface area contributed by atoms with E-state index >= 15 is 0 Å². The van der Waals surface area contributed by atoms with E-state index in [4.69, 9.17) is 5.11 Å². The van der Waals surface area contributed by atoms with Crippen LogP contribution in [0.3, 0.4) is 0 Å². The molecule has 0 amide bonds. The van der Waals surface area contributed by atoms with E-state index in [-0.39, 0.29) is 5.56 Å². The first-order valence-electron chi connectivity index (χ1n) is 5.48. The Kier molecular flexibility index (Phi) is 4.30. The Morgan fingerprint density at radius 2 is 2.11 bits per heavy atom. The molecule has 2 rings (SSSR count). The Labute approximate surface area is 109 Å². The fourth-order valence-electron chi connectivity index (χ4n) is 1.43. The molecule has 0 bridgehead atoms. The molecule has 5 heteroatoms. The number of aromatic carboxylic acids is 1. The van der Waals surface area contributed by atoms with Gasteiger partial charge < -0.3 is 5.11 Å². The van der Waals surface area contributed by atoms with Crippen LogP contribution in [-0.2, 0) is 6.42 Å². The SMILES string of the molecule is O=C(O)c1ccnc(SCCc2ccccn2)c1. The molecular weight excluding hydrogens is 248 g/mol. The lowest BCUT2D eigenvalue weighted by molar-refractivity contribution is 0.0696. The molecule has 2 aromatic rings. The average molecular weight is 260 g/mol. The van der Waals surface area contributed by atoms with Gasteiger partial charge in [-0.2, -0.15) is 0 Å².